The molecule has 0 spiro atoms. The lowest BCUT2D eigenvalue weighted by atomic mass is 10.0. The second-order valence-electron chi connectivity index (χ2n) is 4.51. The monoisotopic (exact) mass is 239 g/mol. The Morgan fingerprint density at radius 1 is 1.06 bits per heavy atom. The lowest BCUT2D eigenvalue weighted by Gasteiger charge is -2.07. The second kappa shape index (κ2) is 4.73. The Hall–Kier alpha value is -1.96. The Labute approximate surface area is 108 Å². The Morgan fingerprint density at radius 3 is 2.61 bits per heavy atom. The number of nitrogens with one attached hydrogen (secondary N) is 1. The minimum Gasteiger partial charge on any atom is -0.494 e. The minimum atomic E-state index is 0.710. The highest BCUT2D eigenvalue weighted by Gasteiger charge is 2.10. The van der Waals surface area contributed by atoms with Crippen LogP contribution in [0.1, 0.15) is 12.5 Å². The predicted molar refractivity (Wildman–Crippen MR) is 75.2 cm³/mol. The molecule has 1 aliphatic heterocycles. The van der Waals surface area contributed by atoms with Crippen LogP contribution in [0.25, 0.3) is 11.1 Å². The molecule has 1 heterocycles. The molecule has 0 atom stereocenters. The van der Waals surface area contributed by atoms with Crippen LogP contribution in [0.3, 0.4) is 0 Å². The number of anilines is 1. The molecule has 1 N–H and O–H groups in total. The number of ether oxygens (including phenoxy) is 1. The molecule has 0 radical (unpaired) electrons. The van der Waals surface area contributed by atoms with Crippen molar-refractivity contribution >= 4 is 5.69 Å². The SMILES string of the molecule is CCOc1ccc(-c2ccc3c(c2)NCC3)cc1. The Bertz CT molecular complexity index is 546. The zero-order chi connectivity index (χ0) is 12.4. The third-order valence-electron chi connectivity index (χ3n) is 3.32. The van der Waals surface area contributed by atoms with E-state index in [1.807, 2.05) is 19.1 Å². The van der Waals surface area contributed by atoms with Crippen LogP contribution >= 0.6 is 0 Å². The van der Waals surface area contributed by atoms with Gasteiger partial charge in [-0.15, -0.1) is 0 Å². The second-order valence-corrected chi connectivity index (χ2v) is 4.51. The molecule has 92 valence electrons. The Morgan fingerprint density at radius 2 is 1.83 bits per heavy atom. The molecule has 2 heteroatoms. The molecule has 2 aromatic rings. The van der Waals surface area contributed by atoms with Gasteiger partial charge in [0.25, 0.3) is 0 Å². The van der Waals surface area contributed by atoms with Crippen LogP contribution in [0.15, 0.2) is 42.5 Å². The van der Waals surface area contributed by atoms with Crippen LogP contribution in [-0.2, 0) is 6.42 Å². The van der Waals surface area contributed by atoms with Crippen molar-refractivity contribution in [1.29, 1.82) is 0 Å². The third-order valence-corrected chi connectivity index (χ3v) is 3.32. The van der Waals surface area contributed by atoms with Crippen LogP contribution in [0.4, 0.5) is 5.69 Å². The summed E-state index contributed by atoms with van der Waals surface area (Å²) in [6.45, 7) is 3.77. The van der Waals surface area contributed by atoms with Crippen LogP contribution in [0.2, 0.25) is 0 Å². The summed E-state index contributed by atoms with van der Waals surface area (Å²) < 4.78 is 5.46. The molecule has 3 rings (SSSR count). The maximum Gasteiger partial charge on any atom is 0.119 e. The fourth-order valence-electron chi connectivity index (χ4n) is 2.38. The number of hydrogen-bond donors (Lipinski definition) is 1. The van der Waals surface area contributed by atoms with Crippen LogP contribution < -0.4 is 10.1 Å². The molecule has 18 heavy (non-hydrogen) atoms. The van der Waals surface area contributed by atoms with Gasteiger partial charge < -0.3 is 10.1 Å². The lowest BCUT2D eigenvalue weighted by Crippen LogP contribution is -1.91. The van der Waals surface area contributed by atoms with E-state index in [2.05, 4.69) is 35.6 Å². The number of hydrogen-bond acceptors (Lipinski definition) is 2. The van der Waals surface area contributed by atoms with Gasteiger partial charge in [-0.3, -0.25) is 0 Å². The number of rotatable bonds is 3. The third kappa shape index (κ3) is 2.06. The molecule has 2 aromatic carbocycles. The van der Waals surface area contributed by atoms with Crippen molar-refractivity contribution in [3.8, 4) is 16.9 Å². The van der Waals surface area contributed by atoms with Crippen molar-refractivity contribution in [2.24, 2.45) is 0 Å². The molecule has 0 unspecified atom stereocenters. The standard InChI is InChI=1S/C16H17NO/c1-2-18-15-7-5-12(6-8-15)14-4-3-13-9-10-17-16(13)11-14/h3-8,11,17H,2,9-10H2,1H3. The minimum absolute atomic E-state index is 0.710. The molecule has 0 amide bonds. The first kappa shape index (κ1) is 11.1. The average Bonchev–Trinajstić information content (AvgIpc) is 2.87. The number of fused-ring (bicyclic) bond motifs is 1. The molecular formula is C16H17NO. The molecule has 0 saturated heterocycles. The molecule has 0 aromatic heterocycles. The zero-order valence-electron chi connectivity index (χ0n) is 10.6. The quantitative estimate of drug-likeness (QED) is 0.881. The van der Waals surface area contributed by atoms with E-state index in [4.69, 9.17) is 4.74 Å². The summed E-state index contributed by atoms with van der Waals surface area (Å²) >= 11 is 0. The summed E-state index contributed by atoms with van der Waals surface area (Å²) in [7, 11) is 0. The van der Waals surface area contributed by atoms with Crippen molar-refractivity contribution in [1.82, 2.24) is 0 Å². The highest BCUT2D eigenvalue weighted by atomic mass is 16.5. The van der Waals surface area contributed by atoms with E-state index in [0.717, 1.165) is 18.7 Å². The van der Waals surface area contributed by atoms with E-state index in [1.165, 1.54) is 22.4 Å². The first-order valence-corrected chi connectivity index (χ1v) is 6.47. The predicted octanol–water partition coefficient (Wildman–Crippen LogP) is 3.72. The lowest BCUT2D eigenvalue weighted by molar-refractivity contribution is 0.340. The molecule has 0 aliphatic carbocycles. The van der Waals surface area contributed by atoms with Crippen molar-refractivity contribution in [3.05, 3.63) is 48.0 Å². The fraction of sp³-hybridized carbons (Fsp3) is 0.250. The van der Waals surface area contributed by atoms with E-state index in [0.29, 0.717) is 6.61 Å². The van der Waals surface area contributed by atoms with Gasteiger partial charge in [-0.1, -0.05) is 24.3 Å². The van der Waals surface area contributed by atoms with Gasteiger partial charge in [0, 0.05) is 12.2 Å². The highest BCUT2D eigenvalue weighted by Crippen LogP contribution is 2.29. The summed E-state index contributed by atoms with van der Waals surface area (Å²) in [4.78, 5) is 0. The van der Waals surface area contributed by atoms with Crippen LogP contribution in [0.5, 0.6) is 5.75 Å². The summed E-state index contributed by atoms with van der Waals surface area (Å²) in [5, 5.41) is 3.42. The molecule has 0 fully saturated rings. The molecule has 0 bridgehead atoms. The van der Waals surface area contributed by atoms with E-state index < -0.39 is 0 Å². The number of benzene rings is 2. The van der Waals surface area contributed by atoms with Gasteiger partial charge in [-0.05, 0) is 48.2 Å². The molecule has 2 nitrogen and oxygen atoms in total. The van der Waals surface area contributed by atoms with Crippen LogP contribution in [0, 0.1) is 0 Å². The van der Waals surface area contributed by atoms with Gasteiger partial charge in [-0.2, -0.15) is 0 Å². The maximum atomic E-state index is 5.46. The Kier molecular flexibility index (Phi) is 2.93. The van der Waals surface area contributed by atoms with Crippen molar-refractivity contribution in [3.63, 3.8) is 0 Å². The van der Waals surface area contributed by atoms with Crippen molar-refractivity contribution in [2.75, 3.05) is 18.5 Å². The Balaban J connectivity index is 1.90. The van der Waals surface area contributed by atoms with E-state index >= 15 is 0 Å². The molecular weight excluding hydrogens is 222 g/mol. The van der Waals surface area contributed by atoms with E-state index in [9.17, 15) is 0 Å². The summed E-state index contributed by atoms with van der Waals surface area (Å²) in [5.74, 6) is 0.931. The van der Waals surface area contributed by atoms with E-state index in [-0.39, 0.29) is 0 Å². The van der Waals surface area contributed by atoms with E-state index in [1.54, 1.807) is 0 Å². The van der Waals surface area contributed by atoms with Gasteiger partial charge >= 0.3 is 0 Å². The fourth-order valence-corrected chi connectivity index (χ4v) is 2.38. The van der Waals surface area contributed by atoms with Crippen molar-refractivity contribution < 1.29 is 4.74 Å². The average molecular weight is 239 g/mol. The summed E-state index contributed by atoms with van der Waals surface area (Å²) in [5.41, 5.74) is 5.19. The topological polar surface area (TPSA) is 21.3 Å². The van der Waals surface area contributed by atoms with Crippen LogP contribution in [-0.4, -0.2) is 13.2 Å². The first-order chi connectivity index (χ1) is 8.86. The molecule has 0 saturated carbocycles. The maximum absolute atomic E-state index is 5.46. The largest absolute Gasteiger partial charge is 0.494 e. The smallest absolute Gasteiger partial charge is 0.119 e. The highest BCUT2D eigenvalue weighted by molar-refractivity contribution is 5.71. The summed E-state index contributed by atoms with van der Waals surface area (Å²) in [6, 6.07) is 14.9. The zero-order valence-corrected chi connectivity index (χ0v) is 10.6. The summed E-state index contributed by atoms with van der Waals surface area (Å²) in [6.07, 6.45) is 1.14. The van der Waals surface area contributed by atoms with Gasteiger partial charge in [0.15, 0.2) is 0 Å². The van der Waals surface area contributed by atoms with Crippen molar-refractivity contribution in [2.45, 2.75) is 13.3 Å². The van der Waals surface area contributed by atoms with Gasteiger partial charge in [0.1, 0.15) is 5.75 Å². The first-order valence-electron chi connectivity index (χ1n) is 6.47. The van der Waals surface area contributed by atoms with Gasteiger partial charge in [0.2, 0.25) is 0 Å². The normalized spacial score (nSPS) is 12.9. The molecule has 1 aliphatic rings. The van der Waals surface area contributed by atoms with Gasteiger partial charge in [-0.25, -0.2) is 0 Å². The van der Waals surface area contributed by atoms with Gasteiger partial charge in [0.05, 0.1) is 6.61 Å².